The maximum Gasteiger partial charge on any atom is 0.330 e. The number of amides is 1. The maximum absolute atomic E-state index is 13.1. The Bertz CT molecular complexity index is 1190. The van der Waals surface area contributed by atoms with Crippen LogP contribution in [0.15, 0.2) is 62.5 Å². The molecule has 0 saturated heterocycles. The summed E-state index contributed by atoms with van der Waals surface area (Å²) >= 11 is 0. The molecule has 0 radical (unpaired) electrons. The number of carbonyl (C=O) groups is 1. The smallest absolute Gasteiger partial charge is 0.330 e. The van der Waals surface area contributed by atoms with Crippen molar-refractivity contribution in [2.24, 2.45) is 0 Å². The largest absolute Gasteiger partial charge is 0.462 e. The van der Waals surface area contributed by atoms with Gasteiger partial charge in [-0.3, -0.25) is 24.0 Å². The van der Waals surface area contributed by atoms with Gasteiger partial charge in [-0.05, 0) is 37.1 Å². The summed E-state index contributed by atoms with van der Waals surface area (Å²) in [5.74, 6) is 0.738. The third kappa shape index (κ3) is 5.22. The number of H-pyrrole nitrogens is 1. The van der Waals surface area contributed by atoms with Gasteiger partial charge in [-0.25, -0.2) is 4.79 Å². The van der Waals surface area contributed by atoms with Crippen molar-refractivity contribution in [2.75, 3.05) is 10.6 Å². The van der Waals surface area contributed by atoms with Crippen LogP contribution in [0.3, 0.4) is 0 Å². The number of benzene rings is 1. The number of nitrogens with one attached hydrogen (secondary N) is 1. The van der Waals surface area contributed by atoms with Crippen LogP contribution in [0.5, 0.6) is 0 Å². The van der Waals surface area contributed by atoms with Gasteiger partial charge in [-0.1, -0.05) is 43.7 Å². The summed E-state index contributed by atoms with van der Waals surface area (Å²) in [7, 11) is 0. The Morgan fingerprint density at radius 2 is 1.94 bits per heavy atom. The van der Waals surface area contributed by atoms with Crippen molar-refractivity contribution in [3.05, 3.63) is 86.5 Å². The van der Waals surface area contributed by atoms with Crippen LogP contribution in [-0.4, -0.2) is 15.5 Å². The van der Waals surface area contributed by atoms with Crippen LogP contribution >= 0.6 is 0 Å². The van der Waals surface area contributed by atoms with Crippen LogP contribution in [0.4, 0.5) is 11.5 Å². The van der Waals surface area contributed by atoms with Crippen molar-refractivity contribution >= 4 is 23.5 Å². The quantitative estimate of drug-likeness (QED) is 0.542. The Morgan fingerprint density at radius 3 is 2.58 bits per heavy atom. The lowest BCUT2D eigenvalue weighted by atomic mass is 10.2. The predicted octanol–water partition coefficient (Wildman–Crippen LogP) is 3.07. The molecule has 0 aliphatic carbocycles. The SMILES string of the molecule is CCCCn1c(N)c(N(Cc2ccccc2)C(=O)/C=C/c2ccc(C)o2)c(=O)[nH]c1=O. The Kier molecular flexibility index (Phi) is 6.92. The van der Waals surface area contributed by atoms with E-state index in [2.05, 4.69) is 4.98 Å². The lowest BCUT2D eigenvalue weighted by molar-refractivity contribution is -0.114. The number of furan rings is 1. The summed E-state index contributed by atoms with van der Waals surface area (Å²) in [4.78, 5) is 41.7. The van der Waals surface area contributed by atoms with E-state index in [9.17, 15) is 14.4 Å². The lowest BCUT2D eigenvalue weighted by Gasteiger charge is -2.23. The van der Waals surface area contributed by atoms with Crippen molar-refractivity contribution in [2.45, 2.75) is 39.8 Å². The zero-order valence-corrected chi connectivity index (χ0v) is 17.6. The van der Waals surface area contributed by atoms with Crippen LogP contribution in [0, 0.1) is 6.92 Å². The number of hydrogen-bond acceptors (Lipinski definition) is 5. The van der Waals surface area contributed by atoms with Crippen molar-refractivity contribution in [1.29, 1.82) is 0 Å². The number of hydrogen-bond donors (Lipinski definition) is 2. The van der Waals surface area contributed by atoms with Crippen molar-refractivity contribution in [1.82, 2.24) is 9.55 Å². The van der Waals surface area contributed by atoms with Crippen LogP contribution in [-0.2, 0) is 17.9 Å². The topological polar surface area (TPSA) is 114 Å². The predicted molar refractivity (Wildman–Crippen MR) is 121 cm³/mol. The van der Waals surface area contributed by atoms with Crippen LogP contribution in [0.25, 0.3) is 6.08 Å². The number of nitrogens with zero attached hydrogens (tertiary/aromatic N) is 2. The molecule has 31 heavy (non-hydrogen) atoms. The molecule has 0 atom stereocenters. The van der Waals surface area contributed by atoms with E-state index in [1.165, 1.54) is 21.6 Å². The lowest BCUT2D eigenvalue weighted by Crippen LogP contribution is -2.40. The zero-order chi connectivity index (χ0) is 22.4. The van der Waals surface area contributed by atoms with E-state index in [-0.39, 0.29) is 18.1 Å². The molecular formula is C23H26N4O4. The second kappa shape index (κ2) is 9.80. The van der Waals surface area contributed by atoms with Gasteiger partial charge in [0.2, 0.25) is 0 Å². The second-order valence-corrected chi connectivity index (χ2v) is 7.19. The molecule has 0 aliphatic rings. The minimum atomic E-state index is -0.707. The van der Waals surface area contributed by atoms with Crippen molar-refractivity contribution in [3.63, 3.8) is 0 Å². The molecule has 1 aromatic carbocycles. The molecular weight excluding hydrogens is 396 g/mol. The molecule has 3 rings (SSSR count). The fraction of sp³-hybridized carbons (Fsp3) is 0.261. The molecule has 0 spiro atoms. The van der Waals surface area contributed by atoms with E-state index in [1.54, 1.807) is 19.1 Å². The molecule has 0 unspecified atom stereocenters. The molecule has 3 aromatic rings. The molecule has 3 N–H and O–H groups in total. The van der Waals surface area contributed by atoms with Gasteiger partial charge >= 0.3 is 5.69 Å². The number of rotatable bonds is 8. The fourth-order valence-corrected chi connectivity index (χ4v) is 3.20. The fourth-order valence-electron chi connectivity index (χ4n) is 3.20. The number of aromatic nitrogens is 2. The number of carbonyl (C=O) groups excluding carboxylic acids is 1. The first-order valence-corrected chi connectivity index (χ1v) is 10.1. The Labute approximate surface area is 179 Å². The van der Waals surface area contributed by atoms with Gasteiger partial charge in [0.15, 0.2) is 5.69 Å². The summed E-state index contributed by atoms with van der Waals surface area (Å²) in [6, 6.07) is 12.8. The highest BCUT2D eigenvalue weighted by Gasteiger charge is 2.23. The van der Waals surface area contributed by atoms with Gasteiger partial charge in [0.05, 0.1) is 6.54 Å². The average Bonchev–Trinajstić information content (AvgIpc) is 3.17. The third-order valence-electron chi connectivity index (χ3n) is 4.82. The van der Waals surface area contributed by atoms with Gasteiger partial charge < -0.3 is 10.2 Å². The monoisotopic (exact) mass is 422 g/mol. The summed E-state index contributed by atoms with van der Waals surface area (Å²) in [6.07, 6.45) is 4.41. The first-order chi connectivity index (χ1) is 14.9. The molecule has 8 nitrogen and oxygen atoms in total. The summed E-state index contributed by atoms with van der Waals surface area (Å²) in [5, 5.41) is 0. The number of aryl methyl sites for hydroxylation is 1. The Morgan fingerprint density at radius 1 is 1.19 bits per heavy atom. The summed E-state index contributed by atoms with van der Waals surface area (Å²) in [5.41, 5.74) is 5.70. The molecule has 0 fully saturated rings. The Balaban J connectivity index is 2.05. The molecule has 1 amide bonds. The van der Waals surface area contributed by atoms with Gasteiger partial charge in [0.25, 0.3) is 11.5 Å². The minimum absolute atomic E-state index is 0.0336. The number of anilines is 2. The first kappa shape index (κ1) is 21.9. The van der Waals surface area contributed by atoms with E-state index in [1.807, 2.05) is 37.3 Å². The van der Waals surface area contributed by atoms with Gasteiger partial charge in [0, 0.05) is 12.6 Å². The average molecular weight is 422 g/mol. The van der Waals surface area contributed by atoms with Crippen LogP contribution < -0.4 is 21.9 Å². The maximum atomic E-state index is 13.1. The highest BCUT2D eigenvalue weighted by Crippen LogP contribution is 2.21. The molecule has 0 aliphatic heterocycles. The summed E-state index contributed by atoms with van der Waals surface area (Å²) in [6.45, 7) is 4.25. The normalized spacial score (nSPS) is 11.2. The van der Waals surface area contributed by atoms with Gasteiger partial charge in [-0.15, -0.1) is 0 Å². The third-order valence-corrected chi connectivity index (χ3v) is 4.82. The highest BCUT2D eigenvalue weighted by atomic mass is 16.3. The number of nitrogens with two attached hydrogens (primary N) is 1. The Hall–Kier alpha value is -3.81. The van der Waals surface area contributed by atoms with Crippen molar-refractivity contribution < 1.29 is 9.21 Å². The second-order valence-electron chi connectivity index (χ2n) is 7.19. The van der Waals surface area contributed by atoms with E-state index in [0.29, 0.717) is 18.7 Å². The van der Waals surface area contributed by atoms with Crippen molar-refractivity contribution in [3.8, 4) is 0 Å². The highest BCUT2D eigenvalue weighted by molar-refractivity contribution is 6.04. The van der Waals surface area contributed by atoms with Crippen LogP contribution in [0.2, 0.25) is 0 Å². The minimum Gasteiger partial charge on any atom is -0.462 e. The zero-order valence-electron chi connectivity index (χ0n) is 17.6. The van der Waals surface area contributed by atoms with Gasteiger partial charge in [0.1, 0.15) is 17.3 Å². The van der Waals surface area contributed by atoms with E-state index in [4.69, 9.17) is 10.2 Å². The van der Waals surface area contributed by atoms with Gasteiger partial charge in [-0.2, -0.15) is 0 Å². The number of aromatic amines is 1. The molecule has 0 saturated carbocycles. The first-order valence-electron chi connectivity index (χ1n) is 10.1. The standard InChI is InChI=1S/C23H26N4O4/c1-3-4-14-26-21(24)20(22(29)25-23(26)30)27(15-17-8-6-5-7-9-17)19(28)13-12-18-11-10-16(2)31-18/h5-13H,3-4,14-15,24H2,1-2H3,(H,25,29,30)/b13-12+. The molecule has 0 bridgehead atoms. The number of unbranched alkanes of at least 4 members (excludes halogenated alkanes) is 1. The molecule has 2 heterocycles. The van der Waals surface area contributed by atoms with Crippen LogP contribution in [0.1, 0.15) is 36.8 Å². The molecule has 2 aromatic heterocycles. The van der Waals surface area contributed by atoms with E-state index in [0.717, 1.165) is 17.7 Å². The van der Waals surface area contributed by atoms with E-state index >= 15 is 0 Å². The molecule has 162 valence electrons. The molecule has 8 heteroatoms. The summed E-state index contributed by atoms with van der Waals surface area (Å²) < 4.78 is 6.77. The van der Waals surface area contributed by atoms with E-state index < -0.39 is 17.2 Å². The number of nitrogen functional groups attached to an aromatic ring is 1.